The highest BCUT2D eigenvalue weighted by atomic mass is 35.5. The summed E-state index contributed by atoms with van der Waals surface area (Å²) in [5.74, 6) is 5.53. The van der Waals surface area contributed by atoms with Crippen LogP contribution in [0, 0.1) is 0 Å². The van der Waals surface area contributed by atoms with Gasteiger partial charge in [-0.05, 0) is 30.9 Å². The largest absolute Gasteiger partial charge is 0.271 e. The van der Waals surface area contributed by atoms with E-state index >= 15 is 0 Å². The van der Waals surface area contributed by atoms with Gasteiger partial charge in [0.2, 0.25) is 0 Å². The number of hydrogen-bond acceptors (Lipinski definition) is 2. The van der Waals surface area contributed by atoms with Crippen molar-refractivity contribution < 1.29 is 0 Å². The van der Waals surface area contributed by atoms with E-state index in [1.807, 2.05) is 18.2 Å². The second-order valence-electron chi connectivity index (χ2n) is 3.58. The van der Waals surface area contributed by atoms with Gasteiger partial charge in [-0.25, -0.2) is 0 Å². The molecule has 0 aliphatic heterocycles. The van der Waals surface area contributed by atoms with E-state index in [4.69, 9.17) is 29.0 Å². The zero-order valence-corrected chi connectivity index (χ0v) is 10.6. The minimum absolute atomic E-state index is 0.0335. The number of unbranched alkanes of at least 4 members (excludes halogenated alkanes) is 1. The van der Waals surface area contributed by atoms with E-state index in [0.29, 0.717) is 10.0 Å². The van der Waals surface area contributed by atoms with E-state index in [-0.39, 0.29) is 6.04 Å². The van der Waals surface area contributed by atoms with E-state index in [1.54, 1.807) is 6.07 Å². The normalized spacial score (nSPS) is 12.4. The molecule has 2 nitrogen and oxygen atoms in total. The van der Waals surface area contributed by atoms with Crippen molar-refractivity contribution in [3.8, 4) is 0 Å². The molecular weight excluding hydrogens is 243 g/mol. The van der Waals surface area contributed by atoms with Crippen LogP contribution in [-0.2, 0) is 0 Å². The molecule has 0 aliphatic carbocycles. The van der Waals surface area contributed by atoms with Crippen molar-refractivity contribution >= 4 is 23.2 Å². The SMILES string of the molecule is C=CCCCC(NN)c1cccc(Cl)c1Cl. The predicted molar refractivity (Wildman–Crippen MR) is 70.6 cm³/mol. The lowest BCUT2D eigenvalue weighted by Gasteiger charge is -2.17. The summed E-state index contributed by atoms with van der Waals surface area (Å²) in [7, 11) is 0. The lowest BCUT2D eigenvalue weighted by Crippen LogP contribution is -2.28. The van der Waals surface area contributed by atoms with Crippen LogP contribution in [0.2, 0.25) is 10.0 Å². The number of rotatable bonds is 6. The fourth-order valence-corrected chi connectivity index (χ4v) is 2.02. The third-order valence-electron chi connectivity index (χ3n) is 2.46. The second-order valence-corrected chi connectivity index (χ2v) is 4.37. The highest BCUT2D eigenvalue weighted by molar-refractivity contribution is 6.42. The van der Waals surface area contributed by atoms with Gasteiger partial charge in [0.15, 0.2) is 0 Å². The Morgan fingerprint density at radius 2 is 2.19 bits per heavy atom. The molecule has 0 aliphatic rings. The summed E-state index contributed by atoms with van der Waals surface area (Å²) in [5, 5.41) is 1.13. The van der Waals surface area contributed by atoms with Gasteiger partial charge in [-0.15, -0.1) is 6.58 Å². The highest BCUT2D eigenvalue weighted by Gasteiger charge is 2.14. The molecular formula is C12H16Cl2N2. The van der Waals surface area contributed by atoms with Gasteiger partial charge in [-0.2, -0.15) is 0 Å². The van der Waals surface area contributed by atoms with Crippen LogP contribution < -0.4 is 11.3 Å². The summed E-state index contributed by atoms with van der Waals surface area (Å²) >= 11 is 12.1. The zero-order valence-electron chi connectivity index (χ0n) is 9.05. The Morgan fingerprint density at radius 1 is 1.44 bits per heavy atom. The minimum Gasteiger partial charge on any atom is -0.271 e. The molecule has 1 atom stereocenters. The average Bonchev–Trinajstić information content (AvgIpc) is 2.29. The molecule has 3 N–H and O–H groups in total. The number of nitrogens with two attached hydrogens (primary N) is 1. The maximum Gasteiger partial charge on any atom is 0.0640 e. The Kier molecular flexibility index (Phi) is 5.85. The summed E-state index contributed by atoms with van der Waals surface area (Å²) < 4.78 is 0. The van der Waals surface area contributed by atoms with Gasteiger partial charge < -0.3 is 0 Å². The van der Waals surface area contributed by atoms with Gasteiger partial charge in [-0.3, -0.25) is 11.3 Å². The van der Waals surface area contributed by atoms with Crippen LogP contribution in [0.3, 0.4) is 0 Å². The fourth-order valence-electron chi connectivity index (χ4n) is 1.58. The summed E-state index contributed by atoms with van der Waals surface area (Å²) in [6, 6.07) is 5.62. The van der Waals surface area contributed by atoms with Crippen LogP contribution >= 0.6 is 23.2 Å². The monoisotopic (exact) mass is 258 g/mol. The highest BCUT2D eigenvalue weighted by Crippen LogP contribution is 2.31. The maximum absolute atomic E-state index is 6.13. The molecule has 0 bridgehead atoms. The van der Waals surface area contributed by atoms with Gasteiger partial charge in [0.1, 0.15) is 0 Å². The van der Waals surface area contributed by atoms with Gasteiger partial charge >= 0.3 is 0 Å². The van der Waals surface area contributed by atoms with Crippen molar-refractivity contribution in [2.24, 2.45) is 5.84 Å². The maximum atomic E-state index is 6.13. The molecule has 1 aromatic rings. The molecule has 1 rings (SSSR count). The summed E-state index contributed by atoms with van der Waals surface area (Å²) in [5.41, 5.74) is 3.71. The van der Waals surface area contributed by atoms with Crippen molar-refractivity contribution in [1.82, 2.24) is 5.43 Å². The number of hydrazine groups is 1. The number of hydrogen-bond donors (Lipinski definition) is 2. The Balaban J connectivity index is 2.78. The fraction of sp³-hybridized carbons (Fsp3) is 0.333. The molecule has 88 valence electrons. The van der Waals surface area contributed by atoms with Crippen molar-refractivity contribution in [2.45, 2.75) is 25.3 Å². The quantitative estimate of drug-likeness (QED) is 0.352. The predicted octanol–water partition coefficient (Wildman–Crippen LogP) is 3.85. The first kappa shape index (κ1) is 13.5. The molecule has 4 heteroatoms. The third kappa shape index (κ3) is 3.49. The topological polar surface area (TPSA) is 38.0 Å². The molecule has 0 fully saturated rings. The van der Waals surface area contributed by atoms with E-state index < -0.39 is 0 Å². The van der Waals surface area contributed by atoms with Gasteiger partial charge in [0.05, 0.1) is 10.0 Å². The molecule has 0 radical (unpaired) electrons. The van der Waals surface area contributed by atoms with Crippen molar-refractivity contribution in [3.63, 3.8) is 0 Å². The lowest BCUT2D eigenvalue weighted by molar-refractivity contribution is 0.501. The van der Waals surface area contributed by atoms with E-state index in [0.717, 1.165) is 24.8 Å². The van der Waals surface area contributed by atoms with Gasteiger partial charge in [0, 0.05) is 6.04 Å². The lowest BCUT2D eigenvalue weighted by atomic mass is 10.0. The van der Waals surface area contributed by atoms with Crippen molar-refractivity contribution in [3.05, 3.63) is 46.5 Å². The Hall–Kier alpha value is -0.540. The zero-order chi connectivity index (χ0) is 12.0. The first-order valence-corrected chi connectivity index (χ1v) is 5.97. The minimum atomic E-state index is 0.0335. The van der Waals surface area contributed by atoms with Crippen LogP contribution in [0.1, 0.15) is 30.9 Å². The van der Waals surface area contributed by atoms with Crippen molar-refractivity contribution in [2.75, 3.05) is 0 Å². The molecule has 0 aromatic heterocycles. The first-order valence-electron chi connectivity index (χ1n) is 5.21. The van der Waals surface area contributed by atoms with E-state index in [9.17, 15) is 0 Å². The van der Waals surface area contributed by atoms with Crippen LogP contribution in [0.15, 0.2) is 30.9 Å². The molecule has 0 spiro atoms. The number of halogens is 2. The molecule has 1 unspecified atom stereocenters. The molecule has 0 heterocycles. The van der Waals surface area contributed by atoms with Gasteiger partial charge in [-0.1, -0.05) is 41.4 Å². The molecule has 0 saturated heterocycles. The number of nitrogens with one attached hydrogen (secondary N) is 1. The summed E-state index contributed by atoms with van der Waals surface area (Å²) in [6.07, 6.45) is 4.79. The van der Waals surface area contributed by atoms with Crippen LogP contribution in [0.4, 0.5) is 0 Å². The summed E-state index contributed by atoms with van der Waals surface area (Å²) in [6.45, 7) is 3.69. The van der Waals surface area contributed by atoms with Crippen LogP contribution in [0.25, 0.3) is 0 Å². The van der Waals surface area contributed by atoms with E-state index in [1.165, 1.54) is 0 Å². The average molecular weight is 259 g/mol. The molecule has 16 heavy (non-hydrogen) atoms. The standard InChI is InChI=1S/C12H16Cl2N2/c1-2-3-4-8-11(16-15)9-6-5-7-10(13)12(9)14/h2,5-7,11,16H,1,3-4,8,15H2. The third-order valence-corrected chi connectivity index (χ3v) is 3.29. The first-order chi connectivity index (χ1) is 7.70. The molecule has 0 amide bonds. The molecule has 1 aromatic carbocycles. The Bertz CT molecular complexity index is 353. The van der Waals surface area contributed by atoms with E-state index in [2.05, 4.69) is 12.0 Å². The van der Waals surface area contributed by atoms with Crippen LogP contribution in [-0.4, -0.2) is 0 Å². The second kappa shape index (κ2) is 6.92. The summed E-state index contributed by atoms with van der Waals surface area (Å²) in [4.78, 5) is 0. The number of allylic oxidation sites excluding steroid dienone is 1. The smallest absolute Gasteiger partial charge is 0.0640 e. The van der Waals surface area contributed by atoms with Crippen molar-refractivity contribution in [1.29, 1.82) is 0 Å². The molecule has 0 saturated carbocycles. The van der Waals surface area contributed by atoms with Gasteiger partial charge in [0.25, 0.3) is 0 Å². The Labute approximate surface area is 106 Å². The van der Waals surface area contributed by atoms with Crippen LogP contribution in [0.5, 0.6) is 0 Å². The Morgan fingerprint density at radius 3 is 2.81 bits per heavy atom. The number of benzene rings is 1.